The van der Waals surface area contributed by atoms with Gasteiger partial charge in [-0.05, 0) is 30.7 Å². The Morgan fingerprint density at radius 3 is 2.76 bits per heavy atom. The van der Waals surface area contributed by atoms with E-state index in [2.05, 4.69) is 29.5 Å². The van der Waals surface area contributed by atoms with Crippen LogP contribution in [0.25, 0.3) is 0 Å². The molecule has 0 aliphatic heterocycles. The first kappa shape index (κ1) is 21.3. The van der Waals surface area contributed by atoms with Gasteiger partial charge in [-0.1, -0.05) is 57.0 Å². The number of hydrogen-bond acceptors (Lipinski definition) is 6. The van der Waals surface area contributed by atoms with Crippen molar-refractivity contribution in [2.75, 3.05) is 5.32 Å². The highest BCUT2D eigenvalue weighted by atomic mass is 32.1. The fourth-order valence-corrected chi connectivity index (χ4v) is 4.26. The predicted molar refractivity (Wildman–Crippen MR) is 115 cm³/mol. The largest absolute Gasteiger partial charge is 0.448 e. The molecule has 0 spiro atoms. The lowest BCUT2D eigenvalue weighted by Crippen LogP contribution is -2.47. The molecule has 1 aliphatic carbocycles. The van der Waals surface area contributed by atoms with Gasteiger partial charge in [0.05, 0.1) is 0 Å². The highest BCUT2D eigenvalue weighted by molar-refractivity contribution is 7.13. The second-order valence-electron chi connectivity index (χ2n) is 7.81. The maximum atomic E-state index is 12.5. The average molecular weight is 416 g/mol. The molecule has 0 radical (unpaired) electrons. The number of nitrogens with one attached hydrogen (secondary N) is 2. The van der Waals surface area contributed by atoms with Gasteiger partial charge in [0.1, 0.15) is 0 Å². The van der Waals surface area contributed by atoms with Crippen LogP contribution in [0.15, 0.2) is 35.7 Å². The molecule has 29 heavy (non-hydrogen) atoms. The molecule has 3 rings (SSSR count). The molecular weight excluding hydrogens is 386 g/mol. The zero-order valence-electron chi connectivity index (χ0n) is 17.2. The van der Waals surface area contributed by atoms with Crippen molar-refractivity contribution in [1.29, 1.82) is 0 Å². The minimum absolute atomic E-state index is 0.139. The van der Waals surface area contributed by atoms with Gasteiger partial charge in [0.15, 0.2) is 16.9 Å². The molecule has 2 aromatic rings. The van der Waals surface area contributed by atoms with Gasteiger partial charge in [0.25, 0.3) is 5.91 Å². The van der Waals surface area contributed by atoms with E-state index in [1.807, 2.05) is 30.3 Å². The summed E-state index contributed by atoms with van der Waals surface area (Å²) in [5, 5.41) is 8.53. The van der Waals surface area contributed by atoms with Crippen LogP contribution in [-0.4, -0.2) is 29.0 Å². The molecule has 1 aliphatic rings. The summed E-state index contributed by atoms with van der Waals surface area (Å²) in [6.45, 7) is 6.62. The van der Waals surface area contributed by atoms with Crippen molar-refractivity contribution in [3.8, 4) is 0 Å². The SMILES string of the molecule is C[C@H]1[C@@H](C)CCC[C@H]1NC(=O)[C@H](C)OC(=O)c1csc(NCc2ccccc2)n1. The number of amides is 1. The Bertz CT molecular complexity index is 824. The number of benzene rings is 1. The van der Waals surface area contributed by atoms with Crippen LogP contribution in [0.3, 0.4) is 0 Å². The standard InChI is InChI=1S/C22H29N3O3S/c1-14-8-7-11-18(15(14)2)24-20(26)16(3)28-21(27)19-13-29-22(25-19)23-12-17-9-5-4-6-10-17/h4-6,9-10,13-16,18H,7-8,11-12H2,1-3H3,(H,23,25)(H,24,26)/t14-,15-,16-,18+/m0/s1. The highest BCUT2D eigenvalue weighted by Gasteiger charge is 2.30. The molecule has 0 saturated heterocycles. The van der Waals surface area contributed by atoms with Gasteiger partial charge >= 0.3 is 5.97 Å². The van der Waals surface area contributed by atoms with Crippen LogP contribution >= 0.6 is 11.3 Å². The topological polar surface area (TPSA) is 80.3 Å². The molecule has 4 atom stereocenters. The molecule has 0 bridgehead atoms. The van der Waals surface area contributed by atoms with E-state index < -0.39 is 12.1 Å². The van der Waals surface area contributed by atoms with E-state index in [1.54, 1.807) is 12.3 Å². The predicted octanol–water partition coefficient (Wildman–Crippen LogP) is 4.24. The first-order valence-corrected chi connectivity index (χ1v) is 11.1. The van der Waals surface area contributed by atoms with Crippen LogP contribution in [0.2, 0.25) is 0 Å². The van der Waals surface area contributed by atoms with Gasteiger partial charge in [-0.2, -0.15) is 0 Å². The fourth-order valence-electron chi connectivity index (χ4n) is 3.58. The number of anilines is 1. The number of nitrogens with zero attached hydrogens (tertiary/aromatic N) is 1. The molecule has 1 amide bonds. The Morgan fingerprint density at radius 2 is 2.00 bits per heavy atom. The number of esters is 1. The second-order valence-corrected chi connectivity index (χ2v) is 8.67. The Kier molecular flexibility index (Phi) is 7.25. The van der Waals surface area contributed by atoms with Crippen LogP contribution in [0.1, 0.15) is 56.1 Å². The molecule has 156 valence electrons. The molecule has 0 unspecified atom stereocenters. The fraction of sp³-hybridized carbons (Fsp3) is 0.500. The van der Waals surface area contributed by atoms with Gasteiger partial charge in [-0.15, -0.1) is 11.3 Å². The van der Waals surface area contributed by atoms with Crippen LogP contribution in [-0.2, 0) is 16.1 Å². The van der Waals surface area contributed by atoms with E-state index in [0.29, 0.717) is 23.5 Å². The third-order valence-corrected chi connectivity index (χ3v) is 6.49. The maximum Gasteiger partial charge on any atom is 0.358 e. The van der Waals surface area contributed by atoms with Gasteiger partial charge in [-0.25, -0.2) is 9.78 Å². The summed E-state index contributed by atoms with van der Waals surface area (Å²) in [5.41, 5.74) is 1.34. The summed E-state index contributed by atoms with van der Waals surface area (Å²) in [4.78, 5) is 29.1. The second kappa shape index (κ2) is 9.87. The van der Waals surface area contributed by atoms with E-state index >= 15 is 0 Å². The summed E-state index contributed by atoms with van der Waals surface area (Å²) in [6, 6.07) is 10.1. The van der Waals surface area contributed by atoms with E-state index in [0.717, 1.165) is 18.4 Å². The van der Waals surface area contributed by atoms with Crippen LogP contribution in [0.5, 0.6) is 0 Å². The number of ether oxygens (including phenoxy) is 1. The number of thiazole rings is 1. The summed E-state index contributed by atoms with van der Waals surface area (Å²) in [5.74, 6) is 0.180. The molecular formula is C22H29N3O3S. The van der Waals surface area contributed by atoms with Crippen molar-refractivity contribution in [2.45, 2.75) is 58.7 Å². The lowest BCUT2D eigenvalue weighted by atomic mass is 9.78. The van der Waals surface area contributed by atoms with Gasteiger partial charge < -0.3 is 15.4 Å². The molecule has 1 fully saturated rings. The lowest BCUT2D eigenvalue weighted by molar-refractivity contribution is -0.130. The molecule has 2 N–H and O–H groups in total. The normalized spacial score (nSPS) is 22.5. The van der Waals surface area contributed by atoms with Crippen molar-refractivity contribution < 1.29 is 14.3 Å². The van der Waals surface area contributed by atoms with Crippen molar-refractivity contribution in [2.24, 2.45) is 11.8 Å². The lowest BCUT2D eigenvalue weighted by Gasteiger charge is -2.35. The Morgan fingerprint density at radius 1 is 1.24 bits per heavy atom. The smallest absolute Gasteiger partial charge is 0.358 e. The maximum absolute atomic E-state index is 12.5. The quantitative estimate of drug-likeness (QED) is 0.661. The molecule has 1 aromatic carbocycles. The molecule has 7 heteroatoms. The summed E-state index contributed by atoms with van der Waals surface area (Å²) in [6.07, 6.45) is 2.43. The molecule has 6 nitrogen and oxygen atoms in total. The Hall–Kier alpha value is -2.41. The van der Waals surface area contributed by atoms with Gasteiger partial charge in [0, 0.05) is 18.0 Å². The van der Waals surface area contributed by atoms with Crippen molar-refractivity contribution in [3.63, 3.8) is 0 Å². The monoisotopic (exact) mass is 415 g/mol. The van der Waals surface area contributed by atoms with E-state index in [1.165, 1.54) is 17.8 Å². The summed E-state index contributed by atoms with van der Waals surface area (Å²) < 4.78 is 5.34. The third-order valence-electron chi connectivity index (χ3n) is 5.69. The van der Waals surface area contributed by atoms with Gasteiger partial charge in [-0.3, -0.25) is 4.79 Å². The molecule has 1 saturated carbocycles. The summed E-state index contributed by atoms with van der Waals surface area (Å²) in [7, 11) is 0. The third kappa shape index (κ3) is 5.79. The number of rotatable bonds is 7. The van der Waals surface area contributed by atoms with Crippen LogP contribution in [0, 0.1) is 11.8 Å². The molecule has 1 heterocycles. The van der Waals surface area contributed by atoms with E-state index in [9.17, 15) is 9.59 Å². The van der Waals surface area contributed by atoms with E-state index in [-0.39, 0.29) is 17.6 Å². The molecule has 1 aromatic heterocycles. The number of aromatic nitrogens is 1. The number of hydrogen-bond donors (Lipinski definition) is 2. The van der Waals surface area contributed by atoms with E-state index in [4.69, 9.17) is 4.74 Å². The highest BCUT2D eigenvalue weighted by Crippen LogP contribution is 2.29. The first-order valence-electron chi connectivity index (χ1n) is 10.2. The first-order chi connectivity index (χ1) is 13.9. The minimum Gasteiger partial charge on any atom is -0.448 e. The van der Waals surface area contributed by atoms with Crippen LogP contribution < -0.4 is 10.6 Å². The van der Waals surface area contributed by atoms with Gasteiger partial charge in [0.2, 0.25) is 0 Å². The van der Waals surface area contributed by atoms with Crippen molar-refractivity contribution in [3.05, 3.63) is 47.0 Å². The Balaban J connectivity index is 1.49. The van der Waals surface area contributed by atoms with Crippen LogP contribution in [0.4, 0.5) is 5.13 Å². The van der Waals surface area contributed by atoms with Crippen molar-refractivity contribution >= 4 is 28.3 Å². The Labute approximate surface area is 176 Å². The average Bonchev–Trinajstić information content (AvgIpc) is 3.20. The number of carbonyl (C=O) groups excluding carboxylic acids is 2. The van der Waals surface area contributed by atoms with Crippen molar-refractivity contribution in [1.82, 2.24) is 10.3 Å². The minimum atomic E-state index is -0.852. The number of carbonyl (C=O) groups is 2. The zero-order chi connectivity index (χ0) is 20.8. The zero-order valence-corrected chi connectivity index (χ0v) is 18.0. The summed E-state index contributed by atoms with van der Waals surface area (Å²) >= 11 is 1.34.